The van der Waals surface area contributed by atoms with Gasteiger partial charge >= 0.3 is 12.8 Å². The Hall–Kier alpha value is -3.34. The number of rotatable bonds is 8. The van der Waals surface area contributed by atoms with Crippen molar-refractivity contribution < 1.29 is 36.2 Å². The topological polar surface area (TPSA) is 65.4 Å². The van der Waals surface area contributed by atoms with Crippen LogP contribution in [0.25, 0.3) is 5.69 Å². The predicted octanol–water partition coefficient (Wildman–Crippen LogP) is 5.13. The molecule has 176 valence electrons. The van der Waals surface area contributed by atoms with E-state index in [-0.39, 0.29) is 35.2 Å². The van der Waals surface area contributed by atoms with Gasteiger partial charge in [0.05, 0.1) is 24.6 Å². The number of nitrogens with one attached hydrogen (secondary N) is 1. The van der Waals surface area contributed by atoms with Crippen molar-refractivity contribution in [1.29, 1.82) is 0 Å². The third-order valence-corrected chi connectivity index (χ3v) is 4.71. The van der Waals surface area contributed by atoms with Gasteiger partial charge in [-0.1, -0.05) is 23.7 Å². The highest BCUT2D eigenvalue weighted by molar-refractivity contribution is 6.30. The van der Waals surface area contributed by atoms with Gasteiger partial charge in [0, 0.05) is 11.6 Å². The molecule has 3 aromatic rings. The van der Waals surface area contributed by atoms with Crippen LogP contribution < -0.4 is 14.8 Å². The van der Waals surface area contributed by atoms with Gasteiger partial charge < -0.3 is 14.8 Å². The van der Waals surface area contributed by atoms with Crippen LogP contribution in [0.5, 0.6) is 11.5 Å². The summed E-state index contributed by atoms with van der Waals surface area (Å²) in [5.41, 5.74) is -1.38. The van der Waals surface area contributed by atoms with Crippen molar-refractivity contribution in [3.8, 4) is 17.2 Å². The maximum absolute atomic E-state index is 13.7. The van der Waals surface area contributed by atoms with Crippen LogP contribution in [0, 0.1) is 0 Å². The molecule has 1 amide bonds. The van der Waals surface area contributed by atoms with E-state index >= 15 is 0 Å². The van der Waals surface area contributed by atoms with Crippen molar-refractivity contribution in [2.24, 2.45) is 0 Å². The fourth-order valence-corrected chi connectivity index (χ4v) is 3.26. The second kappa shape index (κ2) is 10.1. The standard InChI is InChI=1S/C21H17ClF5N3O3/c1-32-16-6-5-12(9-17(16)33-20(23)24)7-8-28-19(31)15-11-29-30(18(15)21(25,26)27)14-4-2-3-13(22)10-14/h2-6,9-11,20H,7-8H2,1H3,(H,28,31). The molecule has 33 heavy (non-hydrogen) atoms. The number of aromatic nitrogens is 2. The molecule has 1 N–H and O–H groups in total. The molecule has 2 aromatic carbocycles. The number of alkyl halides is 5. The van der Waals surface area contributed by atoms with Gasteiger partial charge in [0.1, 0.15) is 0 Å². The Kier molecular flexibility index (Phi) is 7.42. The molecule has 0 saturated carbocycles. The van der Waals surface area contributed by atoms with Crippen molar-refractivity contribution in [2.75, 3.05) is 13.7 Å². The average Bonchev–Trinajstić information content (AvgIpc) is 3.19. The van der Waals surface area contributed by atoms with Gasteiger partial charge in [0.25, 0.3) is 5.91 Å². The largest absolute Gasteiger partial charge is 0.493 e. The molecule has 3 rings (SSSR count). The minimum atomic E-state index is -4.87. The van der Waals surface area contributed by atoms with Gasteiger partial charge in [0.15, 0.2) is 17.2 Å². The molecule has 0 saturated heterocycles. The molecular formula is C21H17ClF5N3O3. The zero-order valence-corrected chi connectivity index (χ0v) is 17.8. The minimum absolute atomic E-state index is 0.0404. The van der Waals surface area contributed by atoms with E-state index in [9.17, 15) is 26.7 Å². The number of hydrogen-bond acceptors (Lipinski definition) is 4. The van der Waals surface area contributed by atoms with Crippen LogP contribution in [0.1, 0.15) is 21.6 Å². The zero-order chi connectivity index (χ0) is 24.2. The van der Waals surface area contributed by atoms with Crippen LogP contribution >= 0.6 is 11.6 Å². The van der Waals surface area contributed by atoms with Crippen LogP contribution in [0.2, 0.25) is 5.02 Å². The zero-order valence-electron chi connectivity index (χ0n) is 17.0. The molecule has 0 atom stereocenters. The maximum Gasteiger partial charge on any atom is 0.434 e. The van der Waals surface area contributed by atoms with Gasteiger partial charge in [-0.15, -0.1) is 0 Å². The van der Waals surface area contributed by atoms with Crippen LogP contribution in [0.4, 0.5) is 22.0 Å². The molecule has 0 spiro atoms. The number of amides is 1. The number of hydrogen-bond donors (Lipinski definition) is 1. The van der Waals surface area contributed by atoms with Crippen molar-refractivity contribution >= 4 is 17.5 Å². The summed E-state index contributed by atoms with van der Waals surface area (Å²) >= 11 is 5.86. The number of nitrogens with zero attached hydrogens (tertiary/aromatic N) is 2. The number of halogens is 6. The normalized spacial score (nSPS) is 11.5. The molecule has 0 bridgehead atoms. The number of carbonyl (C=O) groups is 1. The molecule has 0 fully saturated rings. The van der Waals surface area contributed by atoms with E-state index in [2.05, 4.69) is 15.2 Å². The van der Waals surface area contributed by atoms with Crippen LogP contribution in [0.3, 0.4) is 0 Å². The monoisotopic (exact) mass is 489 g/mol. The highest BCUT2D eigenvalue weighted by Crippen LogP contribution is 2.34. The smallest absolute Gasteiger partial charge is 0.434 e. The van der Waals surface area contributed by atoms with E-state index in [0.717, 1.165) is 6.20 Å². The summed E-state index contributed by atoms with van der Waals surface area (Å²) in [5.74, 6) is -1.10. The van der Waals surface area contributed by atoms with Crippen LogP contribution in [-0.2, 0) is 12.6 Å². The molecule has 1 heterocycles. The van der Waals surface area contributed by atoms with E-state index in [1.54, 1.807) is 6.07 Å². The third-order valence-electron chi connectivity index (χ3n) is 4.48. The van der Waals surface area contributed by atoms with E-state index in [1.807, 2.05) is 0 Å². The first-order valence-electron chi connectivity index (χ1n) is 9.41. The number of methoxy groups -OCH3 is 1. The summed E-state index contributed by atoms with van der Waals surface area (Å²) in [6.45, 7) is -3.13. The summed E-state index contributed by atoms with van der Waals surface area (Å²) < 4.78 is 76.2. The Bertz CT molecular complexity index is 1130. The maximum atomic E-state index is 13.7. The van der Waals surface area contributed by atoms with Crippen molar-refractivity contribution in [2.45, 2.75) is 19.2 Å². The first-order chi connectivity index (χ1) is 15.6. The molecule has 0 aliphatic heterocycles. The molecule has 0 aliphatic carbocycles. The molecule has 1 aromatic heterocycles. The first-order valence-corrected chi connectivity index (χ1v) is 9.79. The lowest BCUT2D eigenvalue weighted by Gasteiger charge is -2.13. The van der Waals surface area contributed by atoms with Crippen molar-refractivity contribution in [3.63, 3.8) is 0 Å². The summed E-state index contributed by atoms with van der Waals surface area (Å²) in [6.07, 6.45) is -3.91. The van der Waals surface area contributed by atoms with Gasteiger partial charge in [-0.05, 0) is 42.3 Å². The fourth-order valence-electron chi connectivity index (χ4n) is 3.07. The summed E-state index contributed by atoms with van der Waals surface area (Å²) in [6, 6.07) is 9.88. The summed E-state index contributed by atoms with van der Waals surface area (Å²) in [4.78, 5) is 12.5. The Morgan fingerprint density at radius 3 is 2.58 bits per heavy atom. The van der Waals surface area contributed by atoms with Gasteiger partial charge in [-0.25, -0.2) is 4.68 Å². The number of benzene rings is 2. The third kappa shape index (κ3) is 5.92. The minimum Gasteiger partial charge on any atom is -0.493 e. The Morgan fingerprint density at radius 1 is 1.18 bits per heavy atom. The first kappa shape index (κ1) is 24.3. The van der Waals surface area contributed by atoms with Crippen LogP contribution in [-0.4, -0.2) is 36.0 Å². The Morgan fingerprint density at radius 2 is 1.94 bits per heavy atom. The average molecular weight is 490 g/mol. The molecule has 0 unspecified atom stereocenters. The SMILES string of the molecule is COc1ccc(CCNC(=O)c2cnn(-c3cccc(Cl)c3)c2C(F)(F)F)cc1OC(F)F. The van der Waals surface area contributed by atoms with E-state index < -0.39 is 30.0 Å². The second-order valence-electron chi connectivity index (χ2n) is 6.67. The second-order valence-corrected chi connectivity index (χ2v) is 7.10. The van der Waals surface area contributed by atoms with Gasteiger partial charge in [0.2, 0.25) is 0 Å². The molecule has 6 nitrogen and oxygen atoms in total. The highest BCUT2D eigenvalue weighted by Gasteiger charge is 2.40. The number of ether oxygens (including phenoxy) is 2. The lowest BCUT2D eigenvalue weighted by atomic mass is 10.1. The molecule has 12 heteroatoms. The lowest BCUT2D eigenvalue weighted by molar-refractivity contribution is -0.143. The summed E-state index contributed by atoms with van der Waals surface area (Å²) in [7, 11) is 1.29. The number of carbonyl (C=O) groups excluding carboxylic acids is 1. The molecule has 0 aliphatic rings. The van der Waals surface area contributed by atoms with E-state index in [0.29, 0.717) is 10.2 Å². The Balaban J connectivity index is 1.76. The van der Waals surface area contributed by atoms with Gasteiger partial charge in [-0.2, -0.15) is 27.1 Å². The predicted molar refractivity (Wildman–Crippen MR) is 109 cm³/mol. The van der Waals surface area contributed by atoms with Crippen LogP contribution in [0.15, 0.2) is 48.7 Å². The van der Waals surface area contributed by atoms with Crippen molar-refractivity contribution in [3.05, 3.63) is 70.5 Å². The van der Waals surface area contributed by atoms with Gasteiger partial charge in [-0.3, -0.25) is 4.79 Å². The molecule has 0 radical (unpaired) electrons. The quantitative estimate of drug-likeness (QED) is 0.446. The molecular weight excluding hydrogens is 473 g/mol. The fraction of sp³-hybridized carbons (Fsp3) is 0.238. The van der Waals surface area contributed by atoms with E-state index in [1.165, 1.54) is 43.5 Å². The highest BCUT2D eigenvalue weighted by atomic mass is 35.5. The summed E-state index contributed by atoms with van der Waals surface area (Å²) in [5, 5.41) is 6.31. The Labute approximate surface area is 189 Å². The van der Waals surface area contributed by atoms with Crippen molar-refractivity contribution in [1.82, 2.24) is 15.1 Å². The lowest BCUT2D eigenvalue weighted by Crippen LogP contribution is -2.28. The van der Waals surface area contributed by atoms with E-state index in [4.69, 9.17) is 16.3 Å².